The van der Waals surface area contributed by atoms with Crippen LogP contribution in [-0.2, 0) is 4.79 Å². The minimum absolute atomic E-state index is 0.0467. The molecule has 1 aliphatic rings. The van der Waals surface area contributed by atoms with Gasteiger partial charge < -0.3 is 9.80 Å². The highest BCUT2D eigenvalue weighted by Gasteiger charge is 2.49. The molecule has 2 atom stereocenters. The van der Waals surface area contributed by atoms with Crippen LogP contribution < -0.4 is 9.80 Å². The largest absolute Gasteiger partial charge is 0.378 e. The van der Waals surface area contributed by atoms with Gasteiger partial charge in [0.05, 0.1) is 12.0 Å². The quantitative estimate of drug-likeness (QED) is 0.578. The first-order valence-electron chi connectivity index (χ1n) is 8.97. The molecule has 0 unspecified atom stereocenters. The SMILES string of the molecule is CN(C)c1ccc([C@H]2[C@@H](c3ccccc3)C(=O)N2c2cccc(Cl)c2)cc1. The standard InChI is InChI=1S/C23H21ClN2O/c1-25(2)19-13-11-17(12-14-19)22-21(16-7-4-3-5-8-16)23(27)26(22)20-10-6-9-18(24)15-20/h3-15,21-22H,1-2H3/t21-,22+/m1/s1. The number of hydrogen-bond acceptors (Lipinski definition) is 2. The summed E-state index contributed by atoms with van der Waals surface area (Å²) >= 11 is 6.18. The summed E-state index contributed by atoms with van der Waals surface area (Å²) in [4.78, 5) is 17.0. The molecule has 3 aromatic rings. The van der Waals surface area contributed by atoms with Crippen molar-refractivity contribution in [3.63, 3.8) is 0 Å². The van der Waals surface area contributed by atoms with Crippen LogP contribution in [0.1, 0.15) is 23.1 Å². The van der Waals surface area contributed by atoms with Crippen LogP contribution in [0.15, 0.2) is 78.9 Å². The molecule has 1 aliphatic heterocycles. The summed E-state index contributed by atoms with van der Waals surface area (Å²) < 4.78 is 0. The van der Waals surface area contributed by atoms with Crippen molar-refractivity contribution >= 4 is 28.9 Å². The van der Waals surface area contributed by atoms with Gasteiger partial charge in [-0.3, -0.25) is 4.79 Å². The fourth-order valence-corrected chi connectivity index (χ4v) is 3.88. The van der Waals surface area contributed by atoms with E-state index in [0.29, 0.717) is 5.02 Å². The number of halogens is 1. The molecule has 1 fully saturated rings. The van der Waals surface area contributed by atoms with E-state index in [1.165, 1.54) is 0 Å². The van der Waals surface area contributed by atoms with Gasteiger partial charge in [-0.25, -0.2) is 0 Å². The number of amides is 1. The molecule has 1 amide bonds. The molecular formula is C23H21ClN2O. The fourth-order valence-electron chi connectivity index (χ4n) is 3.70. The van der Waals surface area contributed by atoms with Crippen LogP contribution in [0.3, 0.4) is 0 Å². The number of carbonyl (C=O) groups is 1. The van der Waals surface area contributed by atoms with Crippen LogP contribution >= 0.6 is 11.6 Å². The lowest BCUT2D eigenvalue weighted by molar-refractivity contribution is -0.126. The second-order valence-corrected chi connectivity index (χ2v) is 7.44. The number of hydrogen-bond donors (Lipinski definition) is 0. The molecule has 0 saturated carbocycles. The van der Waals surface area contributed by atoms with Crippen LogP contribution in [-0.4, -0.2) is 20.0 Å². The summed E-state index contributed by atoms with van der Waals surface area (Å²) in [5.74, 6) is -0.0828. The number of nitrogens with zero attached hydrogens (tertiary/aromatic N) is 2. The molecule has 3 nitrogen and oxygen atoms in total. The normalized spacial score (nSPS) is 18.9. The van der Waals surface area contributed by atoms with Gasteiger partial charge in [0.25, 0.3) is 0 Å². The van der Waals surface area contributed by atoms with E-state index in [1.807, 2.05) is 73.6 Å². The maximum Gasteiger partial charge on any atom is 0.237 e. The monoisotopic (exact) mass is 376 g/mol. The molecule has 0 aromatic heterocycles. The predicted octanol–water partition coefficient (Wildman–Crippen LogP) is 5.28. The predicted molar refractivity (Wildman–Crippen MR) is 112 cm³/mol. The number of rotatable bonds is 4. The third-order valence-electron chi connectivity index (χ3n) is 5.09. The first-order valence-corrected chi connectivity index (χ1v) is 9.35. The van der Waals surface area contributed by atoms with E-state index in [2.05, 4.69) is 29.2 Å². The van der Waals surface area contributed by atoms with Crippen molar-refractivity contribution in [2.45, 2.75) is 12.0 Å². The highest BCUT2D eigenvalue weighted by atomic mass is 35.5. The van der Waals surface area contributed by atoms with E-state index in [4.69, 9.17) is 11.6 Å². The molecule has 136 valence electrons. The average molecular weight is 377 g/mol. The Hall–Kier alpha value is -2.78. The Kier molecular flexibility index (Phi) is 4.63. The van der Waals surface area contributed by atoms with Crippen LogP contribution in [0.2, 0.25) is 5.02 Å². The van der Waals surface area contributed by atoms with Gasteiger partial charge in [0, 0.05) is 30.5 Å². The van der Waals surface area contributed by atoms with Gasteiger partial charge in [0.2, 0.25) is 5.91 Å². The molecule has 1 saturated heterocycles. The van der Waals surface area contributed by atoms with Crippen molar-refractivity contribution in [3.05, 3.63) is 95.0 Å². The lowest BCUT2D eigenvalue weighted by atomic mass is 9.77. The lowest BCUT2D eigenvalue weighted by Crippen LogP contribution is -2.53. The van der Waals surface area contributed by atoms with Crippen LogP contribution in [0.25, 0.3) is 0 Å². The van der Waals surface area contributed by atoms with E-state index < -0.39 is 0 Å². The molecule has 4 heteroatoms. The molecular weight excluding hydrogens is 356 g/mol. The first-order chi connectivity index (χ1) is 13.1. The number of carbonyl (C=O) groups excluding carboxylic acids is 1. The van der Waals surface area contributed by atoms with Gasteiger partial charge in [-0.1, -0.05) is 60.1 Å². The minimum Gasteiger partial charge on any atom is -0.378 e. The zero-order chi connectivity index (χ0) is 19.0. The Bertz CT molecular complexity index is 954. The first kappa shape index (κ1) is 17.6. The highest BCUT2D eigenvalue weighted by molar-refractivity contribution is 6.31. The van der Waals surface area contributed by atoms with Gasteiger partial charge in [0.1, 0.15) is 0 Å². The summed E-state index contributed by atoms with van der Waals surface area (Å²) in [5.41, 5.74) is 4.13. The Balaban J connectivity index is 1.76. The maximum atomic E-state index is 13.1. The van der Waals surface area contributed by atoms with E-state index >= 15 is 0 Å². The third kappa shape index (κ3) is 3.19. The Morgan fingerprint density at radius 2 is 1.56 bits per heavy atom. The second-order valence-electron chi connectivity index (χ2n) is 7.01. The van der Waals surface area contributed by atoms with Gasteiger partial charge in [-0.15, -0.1) is 0 Å². The zero-order valence-electron chi connectivity index (χ0n) is 15.3. The van der Waals surface area contributed by atoms with Crippen molar-refractivity contribution in [3.8, 4) is 0 Å². The molecule has 0 bridgehead atoms. The van der Waals surface area contributed by atoms with Crippen LogP contribution in [0, 0.1) is 0 Å². The molecule has 1 heterocycles. The van der Waals surface area contributed by atoms with Crippen molar-refractivity contribution in [1.82, 2.24) is 0 Å². The fraction of sp³-hybridized carbons (Fsp3) is 0.174. The van der Waals surface area contributed by atoms with Gasteiger partial charge in [-0.2, -0.15) is 0 Å². The Morgan fingerprint density at radius 3 is 2.19 bits per heavy atom. The second kappa shape index (κ2) is 7.09. The summed E-state index contributed by atoms with van der Waals surface area (Å²) in [6.07, 6.45) is 0. The number of β-lactam (4-membered cyclic amide) rings is 1. The van der Waals surface area contributed by atoms with Crippen molar-refractivity contribution in [1.29, 1.82) is 0 Å². The number of benzene rings is 3. The zero-order valence-corrected chi connectivity index (χ0v) is 16.1. The molecule has 3 aromatic carbocycles. The van der Waals surface area contributed by atoms with Crippen molar-refractivity contribution in [2.75, 3.05) is 23.9 Å². The summed E-state index contributed by atoms with van der Waals surface area (Å²) in [6.45, 7) is 0. The van der Waals surface area contributed by atoms with E-state index in [9.17, 15) is 4.79 Å². The number of anilines is 2. The Labute approximate surface area is 164 Å². The highest BCUT2D eigenvalue weighted by Crippen LogP contribution is 2.49. The third-order valence-corrected chi connectivity index (χ3v) is 5.33. The molecule has 0 aliphatic carbocycles. The molecule has 0 radical (unpaired) electrons. The van der Waals surface area contributed by atoms with Crippen molar-refractivity contribution in [2.24, 2.45) is 0 Å². The van der Waals surface area contributed by atoms with Gasteiger partial charge in [-0.05, 0) is 41.5 Å². The van der Waals surface area contributed by atoms with E-state index in [0.717, 1.165) is 22.5 Å². The van der Waals surface area contributed by atoms with Crippen LogP contribution in [0.5, 0.6) is 0 Å². The van der Waals surface area contributed by atoms with Gasteiger partial charge >= 0.3 is 0 Å². The average Bonchev–Trinajstić information content (AvgIpc) is 2.67. The summed E-state index contributed by atoms with van der Waals surface area (Å²) in [6, 6.07) is 25.8. The molecule has 0 N–H and O–H groups in total. The summed E-state index contributed by atoms with van der Waals surface area (Å²) in [5, 5.41) is 0.630. The molecule has 0 spiro atoms. The van der Waals surface area contributed by atoms with E-state index in [-0.39, 0.29) is 17.9 Å². The molecule has 27 heavy (non-hydrogen) atoms. The summed E-state index contributed by atoms with van der Waals surface area (Å²) in [7, 11) is 4.04. The van der Waals surface area contributed by atoms with E-state index in [1.54, 1.807) is 0 Å². The lowest BCUT2D eigenvalue weighted by Gasteiger charge is -2.48. The Morgan fingerprint density at radius 1 is 0.852 bits per heavy atom. The van der Waals surface area contributed by atoms with Gasteiger partial charge in [0.15, 0.2) is 0 Å². The van der Waals surface area contributed by atoms with Crippen LogP contribution in [0.4, 0.5) is 11.4 Å². The minimum atomic E-state index is -0.185. The smallest absolute Gasteiger partial charge is 0.237 e. The maximum absolute atomic E-state index is 13.1. The topological polar surface area (TPSA) is 23.6 Å². The molecule has 4 rings (SSSR count). The van der Waals surface area contributed by atoms with Crippen molar-refractivity contribution < 1.29 is 4.79 Å².